The van der Waals surface area contributed by atoms with Crippen molar-refractivity contribution in [1.82, 2.24) is 9.55 Å². The van der Waals surface area contributed by atoms with Gasteiger partial charge in [0.15, 0.2) is 9.84 Å². The fourth-order valence-electron chi connectivity index (χ4n) is 2.66. The van der Waals surface area contributed by atoms with Crippen molar-refractivity contribution in [2.75, 3.05) is 17.2 Å². The van der Waals surface area contributed by atoms with E-state index in [1.807, 2.05) is 0 Å². The smallest absolute Gasteiger partial charge is 0.399 e. The Bertz CT molecular complexity index is 811. The number of nitrogens with two attached hydrogens (primary N) is 1. The van der Waals surface area contributed by atoms with Crippen molar-refractivity contribution in [1.29, 1.82) is 0 Å². The van der Waals surface area contributed by atoms with Crippen molar-refractivity contribution in [2.24, 2.45) is 0 Å². The molecule has 0 aliphatic carbocycles. The summed E-state index contributed by atoms with van der Waals surface area (Å²) < 4.78 is 63.6. The summed E-state index contributed by atoms with van der Waals surface area (Å²) in [6, 6.07) is 3.52. The van der Waals surface area contributed by atoms with E-state index in [0.29, 0.717) is 5.69 Å². The van der Waals surface area contributed by atoms with E-state index in [1.54, 1.807) is 0 Å². The van der Waals surface area contributed by atoms with Gasteiger partial charge in [0.1, 0.15) is 0 Å². The SMILES string of the molecule is Nc1ccc2c(c1)nc(C(F)(F)F)n2C1CCS(=O)(=O)C1. The van der Waals surface area contributed by atoms with Crippen molar-refractivity contribution in [3.05, 3.63) is 24.0 Å². The summed E-state index contributed by atoms with van der Waals surface area (Å²) in [5, 5.41) is 0. The fraction of sp³-hybridized carbons (Fsp3) is 0.417. The molecule has 114 valence electrons. The standard InChI is InChI=1S/C12H12F3N3O2S/c13-12(14,15)11-17-9-5-7(16)1-2-10(9)18(11)8-3-4-21(19,20)6-8/h1-2,5,8H,3-4,6,16H2. The zero-order chi connectivity index (χ0) is 15.4. The van der Waals surface area contributed by atoms with E-state index < -0.39 is 27.9 Å². The summed E-state index contributed by atoms with van der Waals surface area (Å²) >= 11 is 0. The van der Waals surface area contributed by atoms with Crippen LogP contribution in [0.4, 0.5) is 18.9 Å². The Morgan fingerprint density at radius 1 is 1.33 bits per heavy atom. The first-order chi connectivity index (χ1) is 9.67. The lowest BCUT2D eigenvalue weighted by Crippen LogP contribution is -2.20. The Balaban J connectivity index is 2.24. The van der Waals surface area contributed by atoms with E-state index >= 15 is 0 Å². The second kappa shape index (κ2) is 4.36. The van der Waals surface area contributed by atoms with Gasteiger partial charge in [-0.15, -0.1) is 0 Å². The molecule has 0 saturated carbocycles. The number of halogens is 3. The lowest BCUT2D eigenvalue weighted by molar-refractivity contribution is -0.147. The van der Waals surface area contributed by atoms with Gasteiger partial charge >= 0.3 is 6.18 Å². The molecular formula is C12H12F3N3O2S. The molecule has 1 fully saturated rings. The van der Waals surface area contributed by atoms with Crippen LogP contribution >= 0.6 is 0 Å². The first-order valence-corrected chi connectivity index (χ1v) is 8.04. The predicted octanol–water partition coefficient (Wildman–Crippen LogP) is 2.00. The van der Waals surface area contributed by atoms with Gasteiger partial charge in [-0.25, -0.2) is 13.4 Å². The number of nitrogens with zero attached hydrogens (tertiary/aromatic N) is 2. The zero-order valence-corrected chi connectivity index (χ0v) is 11.6. The highest BCUT2D eigenvalue weighted by Crippen LogP contribution is 2.37. The number of alkyl halides is 3. The van der Waals surface area contributed by atoms with Gasteiger partial charge in [-0.2, -0.15) is 13.2 Å². The van der Waals surface area contributed by atoms with Crippen molar-refractivity contribution >= 4 is 26.6 Å². The van der Waals surface area contributed by atoms with Crippen LogP contribution in [0.15, 0.2) is 18.2 Å². The Morgan fingerprint density at radius 3 is 2.62 bits per heavy atom. The van der Waals surface area contributed by atoms with Crippen molar-refractivity contribution in [3.8, 4) is 0 Å². The molecule has 1 unspecified atom stereocenters. The van der Waals surface area contributed by atoms with Gasteiger partial charge in [0, 0.05) is 5.69 Å². The first-order valence-electron chi connectivity index (χ1n) is 6.22. The van der Waals surface area contributed by atoms with Gasteiger partial charge < -0.3 is 10.3 Å². The maximum Gasteiger partial charge on any atom is 0.449 e. The zero-order valence-electron chi connectivity index (χ0n) is 10.8. The number of benzene rings is 1. The van der Waals surface area contributed by atoms with Gasteiger partial charge in [0.05, 0.1) is 28.6 Å². The number of nitrogen functional groups attached to an aromatic ring is 1. The molecule has 1 aromatic heterocycles. The van der Waals surface area contributed by atoms with Gasteiger partial charge in [-0.3, -0.25) is 0 Å². The molecule has 0 amide bonds. The number of sulfone groups is 1. The van der Waals surface area contributed by atoms with Crippen molar-refractivity contribution in [2.45, 2.75) is 18.6 Å². The highest BCUT2D eigenvalue weighted by atomic mass is 32.2. The van der Waals surface area contributed by atoms with E-state index in [2.05, 4.69) is 4.98 Å². The summed E-state index contributed by atoms with van der Waals surface area (Å²) in [6.07, 6.45) is -4.50. The van der Waals surface area contributed by atoms with Crippen LogP contribution in [0.25, 0.3) is 11.0 Å². The van der Waals surface area contributed by atoms with Crippen LogP contribution in [0.3, 0.4) is 0 Å². The summed E-state index contributed by atoms with van der Waals surface area (Å²) in [7, 11) is -3.30. The Kier molecular flexibility index (Phi) is 2.94. The predicted molar refractivity (Wildman–Crippen MR) is 71.5 cm³/mol. The quantitative estimate of drug-likeness (QED) is 0.816. The highest BCUT2D eigenvalue weighted by Gasteiger charge is 2.41. The Morgan fingerprint density at radius 2 is 2.05 bits per heavy atom. The molecule has 0 radical (unpaired) electrons. The molecule has 2 aromatic rings. The van der Waals surface area contributed by atoms with E-state index in [4.69, 9.17) is 5.73 Å². The average Bonchev–Trinajstić information content (AvgIpc) is 2.88. The number of fused-ring (bicyclic) bond motifs is 1. The molecule has 0 bridgehead atoms. The summed E-state index contributed by atoms with van der Waals surface area (Å²) in [5.74, 6) is -1.49. The Labute approximate surface area is 118 Å². The first kappa shape index (κ1) is 14.2. The lowest BCUT2D eigenvalue weighted by atomic mass is 10.2. The maximum atomic E-state index is 13.2. The molecule has 1 aromatic carbocycles. The number of hydrogen-bond acceptors (Lipinski definition) is 4. The molecular weight excluding hydrogens is 307 g/mol. The summed E-state index contributed by atoms with van der Waals surface area (Å²) in [6.45, 7) is 0. The molecule has 1 atom stereocenters. The van der Waals surface area contributed by atoms with Crippen molar-refractivity contribution in [3.63, 3.8) is 0 Å². The molecule has 1 aliphatic rings. The second-order valence-corrected chi connectivity index (χ2v) is 7.34. The Hall–Kier alpha value is -1.77. The minimum absolute atomic E-state index is 0.108. The molecule has 2 N–H and O–H groups in total. The van der Waals surface area contributed by atoms with Crippen LogP contribution in [0, 0.1) is 0 Å². The third-order valence-corrected chi connectivity index (χ3v) is 5.29. The normalized spacial score (nSPS) is 22.0. The molecule has 1 aliphatic heterocycles. The molecule has 5 nitrogen and oxygen atoms in total. The van der Waals surface area contributed by atoms with E-state index in [0.717, 1.165) is 4.57 Å². The fourth-order valence-corrected chi connectivity index (χ4v) is 4.36. The molecule has 1 saturated heterocycles. The molecule has 9 heteroatoms. The molecule has 21 heavy (non-hydrogen) atoms. The van der Waals surface area contributed by atoms with Crippen LogP contribution in [0.5, 0.6) is 0 Å². The summed E-state index contributed by atoms with van der Waals surface area (Å²) in [4.78, 5) is 3.60. The van der Waals surface area contributed by atoms with Crippen LogP contribution in [-0.4, -0.2) is 29.5 Å². The highest BCUT2D eigenvalue weighted by molar-refractivity contribution is 7.91. The second-order valence-electron chi connectivity index (χ2n) is 5.11. The average molecular weight is 319 g/mol. The minimum Gasteiger partial charge on any atom is -0.399 e. The van der Waals surface area contributed by atoms with Crippen LogP contribution < -0.4 is 5.73 Å². The number of hydrogen-bond donors (Lipinski definition) is 1. The van der Waals surface area contributed by atoms with Gasteiger partial charge in [-0.1, -0.05) is 0 Å². The van der Waals surface area contributed by atoms with Gasteiger partial charge in [0.2, 0.25) is 5.82 Å². The monoisotopic (exact) mass is 319 g/mol. The van der Waals surface area contributed by atoms with E-state index in [1.165, 1.54) is 18.2 Å². The number of anilines is 1. The van der Waals surface area contributed by atoms with Gasteiger partial charge in [-0.05, 0) is 24.6 Å². The number of imidazole rings is 1. The van der Waals surface area contributed by atoms with Crippen molar-refractivity contribution < 1.29 is 21.6 Å². The van der Waals surface area contributed by atoms with E-state index in [9.17, 15) is 21.6 Å². The van der Waals surface area contributed by atoms with Crippen LogP contribution in [0.1, 0.15) is 18.3 Å². The molecule has 2 heterocycles. The number of rotatable bonds is 1. The maximum absolute atomic E-state index is 13.2. The lowest BCUT2D eigenvalue weighted by Gasteiger charge is -2.16. The van der Waals surface area contributed by atoms with Crippen LogP contribution in [-0.2, 0) is 16.0 Å². The summed E-state index contributed by atoms with van der Waals surface area (Å²) in [5.41, 5.74) is 6.23. The molecule has 3 rings (SSSR count). The largest absolute Gasteiger partial charge is 0.449 e. The minimum atomic E-state index is -4.65. The third kappa shape index (κ3) is 2.45. The third-order valence-electron chi connectivity index (χ3n) is 3.54. The van der Waals surface area contributed by atoms with Crippen LogP contribution in [0.2, 0.25) is 0 Å². The topological polar surface area (TPSA) is 78.0 Å². The number of aromatic nitrogens is 2. The van der Waals surface area contributed by atoms with Gasteiger partial charge in [0.25, 0.3) is 0 Å². The van der Waals surface area contributed by atoms with E-state index in [-0.39, 0.29) is 29.0 Å². The molecule has 0 spiro atoms.